The molecule has 0 radical (unpaired) electrons. The number of hydrogen-bond donors (Lipinski definition) is 1. The summed E-state index contributed by atoms with van der Waals surface area (Å²) in [6.45, 7) is -0.235. The SMILES string of the molecule is COC[C@@]1(C(=O)O)[C@H](c2cccc(F)c2)[C@@H]1S(C)(=O)=O. The lowest BCUT2D eigenvalue weighted by molar-refractivity contribution is -0.145. The van der Waals surface area contributed by atoms with E-state index in [0.717, 1.165) is 6.26 Å². The molecule has 0 amide bonds. The molecule has 110 valence electrons. The standard InChI is InChI=1S/C13H15FO5S/c1-19-7-13(12(15)16)10(11(13)20(2,17)18)8-4-3-5-9(14)6-8/h3-6,10-11H,7H2,1-2H3,(H,15,16)/t10-,11+,13-/m1/s1. The minimum atomic E-state index is -3.60. The molecule has 1 saturated carbocycles. The number of rotatable bonds is 5. The lowest BCUT2D eigenvalue weighted by Crippen LogP contribution is -2.28. The average molecular weight is 302 g/mol. The van der Waals surface area contributed by atoms with Crippen LogP contribution in [0.1, 0.15) is 11.5 Å². The molecule has 1 aliphatic carbocycles. The van der Waals surface area contributed by atoms with Crippen LogP contribution >= 0.6 is 0 Å². The summed E-state index contributed by atoms with van der Waals surface area (Å²) in [6, 6.07) is 5.36. The number of carboxylic acid groups (broad SMARTS) is 1. The highest BCUT2D eigenvalue weighted by molar-refractivity contribution is 7.91. The number of carboxylic acids is 1. The Morgan fingerprint density at radius 3 is 2.60 bits per heavy atom. The molecular weight excluding hydrogens is 287 g/mol. The fraction of sp³-hybridized carbons (Fsp3) is 0.462. The van der Waals surface area contributed by atoms with E-state index in [0.29, 0.717) is 5.56 Å². The van der Waals surface area contributed by atoms with E-state index in [9.17, 15) is 22.7 Å². The Kier molecular flexibility index (Phi) is 3.60. The van der Waals surface area contributed by atoms with Crippen molar-refractivity contribution in [3.05, 3.63) is 35.6 Å². The third kappa shape index (κ3) is 2.20. The highest BCUT2D eigenvalue weighted by atomic mass is 32.2. The Morgan fingerprint density at radius 2 is 2.15 bits per heavy atom. The Hall–Kier alpha value is -1.47. The van der Waals surface area contributed by atoms with Gasteiger partial charge in [-0.1, -0.05) is 12.1 Å². The first kappa shape index (κ1) is 14.9. The molecule has 1 aromatic rings. The normalized spacial score (nSPS) is 29.1. The van der Waals surface area contributed by atoms with Crippen LogP contribution in [0.2, 0.25) is 0 Å². The Morgan fingerprint density at radius 1 is 1.50 bits per heavy atom. The van der Waals surface area contributed by atoms with Gasteiger partial charge in [0.05, 0.1) is 11.9 Å². The lowest BCUT2D eigenvalue weighted by Gasteiger charge is -2.11. The zero-order valence-electron chi connectivity index (χ0n) is 11.0. The monoisotopic (exact) mass is 302 g/mol. The summed E-state index contributed by atoms with van der Waals surface area (Å²) in [7, 11) is -2.29. The number of benzene rings is 1. The van der Waals surface area contributed by atoms with Crippen molar-refractivity contribution < 1.29 is 27.4 Å². The molecule has 1 fully saturated rings. The maximum Gasteiger partial charge on any atom is 0.314 e. The first-order valence-corrected chi connectivity index (χ1v) is 7.87. The van der Waals surface area contributed by atoms with Crippen molar-refractivity contribution >= 4 is 15.8 Å². The molecule has 2 rings (SSSR count). The highest BCUT2D eigenvalue weighted by Gasteiger charge is 2.75. The third-order valence-corrected chi connectivity index (χ3v) is 5.32. The van der Waals surface area contributed by atoms with E-state index in [1.165, 1.54) is 31.4 Å². The zero-order chi connectivity index (χ0) is 15.1. The number of hydrogen-bond acceptors (Lipinski definition) is 4. The molecule has 0 heterocycles. The summed E-state index contributed by atoms with van der Waals surface area (Å²) < 4.78 is 41.9. The van der Waals surface area contributed by atoms with Crippen LogP contribution in [0.5, 0.6) is 0 Å². The molecule has 0 bridgehead atoms. The summed E-state index contributed by atoms with van der Waals surface area (Å²) >= 11 is 0. The van der Waals surface area contributed by atoms with Gasteiger partial charge in [-0.15, -0.1) is 0 Å². The molecule has 0 saturated heterocycles. The van der Waals surface area contributed by atoms with E-state index < -0.39 is 38.2 Å². The Labute approximate surface area is 116 Å². The maximum absolute atomic E-state index is 13.3. The number of sulfone groups is 1. The smallest absolute Gasteiger partial charge is 0.314 e. The number of halogens is 1. The van der Waals surface area contributed by atoms with Crippen molar-refractivity contribution in [2.45, 2.75) is 11.2 Å². The summed E-state index contributed by atoms with van der Waals surface area (Å²) in [4.78, 5) is 11.6. The largest absolute Gasteiger partial charge is 0.481 e. The van der Waals surface area contributed by atoms with Crippen molar-refractivity contribution in [1.29, 1.82) is 0 Å². The van der Waals surface area contributed by atoms with Crippen molar-refractivity contribution in [2.24, 2.45) is 5.41 Å². The predicted octanol–water partition coefficient (Wildman–Crippen LogP) is 1.05. The van der Waals surface area contributed by atoms with Gasteiger partial charge in [-0.05, 0) is 17.7 Å². The minimum Gasteiger partial charge on any atom is -0.481 e. The van der Waals surface area contributed by atoms with Crippen LogP contribution in [-0.4, -0.2) is 44.7 Å². The van der Waals surface area contributed by atoms with Crippen molar-refractivity contribution in [3.8, 4) is 0 Å². The van der Waals surface area contributed by atoms with Crippen molar-refractivity contribution in [3.63, 3.8) is 0 Å². The van der Waals surface area contributed by atoms with Crippen LogP contribution in [0.15, 0.2) is 24.3 Å². The fourth-order valence-electron chi connectivity index (χ4n) is 2.93. The molecule has 5 nitrogen and oxygen atoms in total. The van der Waals surface area contributed by atoms with Gasteiger partial charge < -0.3 is 9.84 Å². The second-order valence-electron chi connectivity index (χ2n) is 5.06. The maximum atomic E-state index is 13.3. The second-order valence-corrected chi connectivity index (χ2v) is 7.23. The summed E-state index contributed by atoms with van der Waals surface area (Å²) in [5, 5.41) is 8.33. The van der Waals surface area contributed by atoms with Crippen LogP contribution in [0.25, 0.3) is 0 Å². The van der Waals surface area contributed by atoms with Gasteiger partial charge in [0, 0.05) is 19.3 Å². The van der Waals surface area contributed by atoms with Crippen LogP contribution in [-0.2, 0) is 19.4 Å². The zero-order valence-corrected chi connectivity index (χ0v) is 11.9. The van der Waals surface area contributed by atoms with Crippen LogP contribution < -0.4 is 0 Å². The highest BCUT2D eigenvalue weighted by Crippen LogP contribution is 2.63. The van der Waals surface area contributed by atoms with Crippen LogP contribution in [0.4, 0.5) is 4.39 Å². The molecule has 3 atom stereocenters. The quantitative estimate of drug-likeness (QED) is 0.879. The molecule has 1 aliphatic rings. The summed E-state index contributed by atoms with van der Waals surface area (Å²) in [5.41, 5.74) is -1.18. The fourth-order valence-corrected chi connectivity index (χ4v) is 4.83. The van der Waals surface area contributed by atoms with Crippen molar-refractivity contribution in [2.75, 3.05) is 20.0 Å². The molecule has 0 aliphatic heterocycles. The van der Waals surface area contributed by atoms with E-state index in [2.05, 4.69) is 0 Å². The molecule has 0 spiro atoms. The second kappa shape index (κ2) is 4.82. The van der Waals surface area contributed by atoms with E-state index in [-0.39, 0.29) is 6.61 Å². The number of methoxy groups -OCH3 is 1. The predicted molar refractivity (Wildman–Crippen MR) is 69.7 cm³/mol. The van der Waals surface area contributed by atoms with E-state index in [1.54, 1.807) is 0 Å². The summed E-state index contributed by atoms with van der Waals surface area (Å²) in [6.07, 6.45) is 0.990. The lowest BCUT2D eigenvalue weighted by atomic mass is 10.00. The van der Waals surface area contributed by atoms with Gasteiger partial charge in [-0.3, -0.25) is 4.79 Å². The van der Waals surface area contributed by atoms with Gasteiger partial charge in [0.25, 0.3) is 0 Å². The third-order valence-electron chi connectivity index (χ3n) is 3.71. The van der Waals surface area contributed by atoms with Gasteiger partial charge in [0.15, 0.2) is 9.84 Å². The van der Waals surface area contributed by atoms with Crippen LogP contribution in [0.3, 0.4) is 0 Å². The molecule has 1 aromatic carbocycles. The van der Waals surface area contributed by atoms with E-state index >= 15 is 0 Å². The molecule has 0 unspecified atom stereocenters. The molecule has 1 N–H and O–H groups in total. The Balaban J connectivity index is 2.53. The first-order chi connectivity index (χ1) is 9.25. The van der Waals surface area contributed by atoms with Gasteiger partial charge in [-0.2, -0.15) is 0 Å². The first-order valence-electron chi connectivity index (χ1n) is 5.92. The van der Waals surface area contributed by atoms with Crippen molar-refractivity contribution in [1.82, 2.24) is 0 Å². The van der Waals surface area contributed by atoms with Gasteiger partial charge >= 0.3 is 5.97 Å². The molecule has 7 heteroatoms. The Bertz CT molecular complexity index is 642. The van der Waals surface area contributed by atoms with E-state index in [4.69, 9.17) is 4.74 Å². The number of carbonyl (C=O) groups is 1. The van der Waals surface area contributed by atoms with Crippen LogP contribution in [0, 0.1) is 11.2 Å². The van der Waals surface area contributed by atoms with E-state index in [1.807, 2.05) is 0 Å². The minimum absolute atomic E-state index is 0.235. The number of ether oxygens (including phenoxy) is 1. The van der Waals surface area contributed by atoms with Gasteiger partial charge in [0.1, 0.15) is 11.2 Å². The summed E-state index contributed by atoms with van der Waals surface area (Å²) in [5.74, 6) is -2.58. The van der Waals surface area contributed by atoms with Gasteiger partial charge in [0.2, 0.25) is 0 Å². The average Bonchev–Trinajstić information content (AvgIpc) is 3.00. The number of aliphatic carboxylic acids is 1. The van der Waals surface area contributed by atoms with Gasteiger partial charge in [-0.25, -0.2) is 12.8 Å². The topological polar surface area (TPSA) is 80.7 Å². The molecule has 20 heavy (non-hydrogen) atoms. The molecule has 0 aromatic heterocycles. The molecular formula is C13H15FO5S.